The fourth-order valence-electron chi connectivity index (χ4n) is 2.18. The van der Waals surface area contributed by atoms with Gasteiger partial charge in [-0.3, -0.25) is 4.90 Å². The molecule has 0 aromatic heterocycles. The Morgan fingerprint density at radius 2 is 1.76 bits per heavy atom. The monoisotopic (exact) mass is 239 g/mol. The predicted molar refractivity (Wildman–Crippen MR) is 65.3 cm³/mol. The Morgan fingerprint density at radius 3 is 2.41 bits per heavy atom. The van der Waals surface area contributed by atoms with Crippen molar-refractivity contribution in [3.63, 3.8) is 0 Å². The number of likely N-dealkylation sites (tertiary alicyclic amines) is 1. The summed E-state index contributed by atoms with van der Waals surface area (Å²) in [6, 6.07) is 6.71. The minimum Gasteiger partial charge on any atom is -0.297 e. The second-order valence-electron chi connectivity index (χ2n) is 4.79. The van der Waals surface area contributed by atoms with Crippen molar-refractivity contribution in [1.82, 2.24) is 4.90 Å². The molecule has 0 saturated carbocycles. The van der Waals surface area contributed by atoms with Gasteiger partial charge in [-0.15, -0.1) is 0 Å². The molecule has 17 heavy (non-hydrogen) atoms. The van der Waals surface area contributed by atoms with Gasteiger partial charge in [-0.05, 0) is 43.5 Å². The van der Waals surface area contributed by atoms with Crippen LogP contribution in [-0.2, 0) is 6.42 Å². The maximum Gasteiger partial charge on any atom is 0.125 e. The summed E-state index contributed by atoms with van der Waals surface area (Å²) >= 11 is 0. The first-order valence-corrected chi connectivity index (χ1v) is 6.35. The molecule has 1 saturated heterocycles. The Bertz CT molecular complexity index is 331. The van der Waals surface area contributed by atoms with Crippen molar-refractivity contribution in [3.05, 3.63) is 35.6 Å². The van der Waals surface area contributed by atoms with Crippen molar-refractivity contribution in [2.45, 2.75) is 31.9 Å². The molecule has 0 bridgehead atoms. The first kappa shape index (κ1) is 12.5. The number of alkyl halides is 1. The normalized spacial score (nSPS) is 17.1. The lowest BCUT2D eigenvalue weighted by Gasteiger charge is -2.34. The molecule has 1 nitrogen and oxygen atoms in total. The van der Waals surface area contributed by atoms with Crippen LogP contribution in [0.2, 0.25) is 0 Å². The van der Waals surface area contributed by atoms with Crippen LogP contribution in [0.25, 0.3) is 0 Å². The fraction of sp³-hybridized carbons (Fsp3) is 0.571. The minimum atomic E-state index is -0.589. The number of rotatable bonds is 6. The molecular weight excluding hydrogens is 220 g/mol. The van der Waals surface area contributed by atoms with Crippen molar-refractivity contribution in [3.8, 4) is 0 Å². The van der Waals surface area contributed by atoms with Crippen LogP contribution in [0, 0.1) is 5.82 Å². The van der Waals surface area contributed by atoms with E-state index < -0.39 is 6.17 Å². The highest BCUT2D eigenvalue weighted by atomic mass is 19.1. The van der Waals surface area contributed by atoms with E-state index in [2.05, 4.69) is 4.90 Å². The van der Waals surface area contributed by atoms with E-state index in [-0.39, 0.29) is 5.82 Å². The molecule has 1 aromatic rings. The Labute approximate surface area is 101 Å². The first-order chi connectivity index (χ1) is 8.24. The van der Waals surface area contributed by atoms with Crippen molar-refractivity contribution >= 4 is 0 Å². The lowest BCUT2D eigenvalue weighted by atomic mass is 10.1. The SMILES string of the molecule is Fc1ccc(CCCCCN2CC(F)C2)cc1. The Balaban J connectivity index is 1.52. The maximum atomic E-state index is 12.7. The van der Waals surface area contributed by atoms with E-state index in [1.807, 2.05) is 12.1 Å². The molecule has 0 amide bonds. The average Bonchev–Trinajstić information content (AvgIpc) is 2.28. The van der Waals surface area contributed by atoms with Crippen molar-refractivity contribution in [2.24, 2.45) is 0 Å². The van der Waals surface area contributed by atoms with Crippen LogP contribution in [0.3, 0.4) is 0 Å². The molecule has 1 aliphatic heterocycles. The summed E-state index contributed by atoms with van der Waals surface area (Å²) in [4.78, 5) is 2.16. The van der Waals surface area contributed by atoms with Crippen LogP contribution < -0.4 is 0 Å². The van der Waals surface area contributed by atoms with E-state index in [4.69, 9.17) is 0 Å². The number of halogens is 2. The van der Waals surface area contributed by atoms with Crippen LogP contribution >= 0.6 is 0 Å². The van der Waals surface area contributed by atoms with Gasteiger partial charge < -0.3 is 0 Å². The average molecular weight is 239 g/mol. The molecule has 0 aliphatic carbocycles. The van der Waals surface area contributed by atoms with Gasteiger partial charge in [0.25, 0.3) is 0 Å². The van der Waals surface area contributed by atoms with Crippen LogP contribution in [0.5, 0.6) is 0 Å². The standard InChI is InChI=1S/C14H19F2N/c15-13-7-5-12(6-8-13)4-2-1-3-9-17-10-14(16)11-17/h5-8,14H,1-4,9-11H2. The third kappa shape index (κ3) is 4.08. The van der Waals surface area contributed by atoms with Gasteiger partial charge in [0.1, 0.15) is 12.0 Å². The number of nitrogens with zero attached hydrogens (tertiary/aromatic N) is 1. The van der Waals surface area contributed by atoms with Gasteiger partial charge in [0, 0.05) is 13.1 Å². The molecule has 0 spiro atoms. The fourth-order valence-corrected chi connectivity index (χ4v) is 2.18. The van der Waals surface area contributed by atoms with Crippen molar-refractivity contribution < 1.29 is 8.78 Å². The number of benzene rings is 1. The Morgan fingerprint density at radius 1 is 1.06 bits per heavy atom. The summed E-state index contributed by atoms with van der Waals surface area (Å²) in [5.41, 5.74) is 1.19. The minimum absolute atomic E-state index is 0.174. The summed E-state index contributed by atoms with van der Waals surface area (Å²) < 4.78 is 25.2. The topological polar surface area (TPSA) is 3.24 Å². The molecule has 1 fully saturated rings. The summed E-state index contributed by atoms with van der Waals surface area (Å²) in [6.45, 7) is 2.26. The molecule has 3 heteroatoms. The zero-order valence-corrected chi connectivity index (χ0v) is 10.0. The molecule has 0 atom stereocenters. The van der Waals surface area contributed by atoms with Gasteiger partial charge in [0.05, 0.1) is 0 Å². The lowest BCUT2D eigenvalue weighted by Crippen LogP contribution is -2.48. The summed E-state index contributed by atoms with van der Waals surface area (Å²) in [5, 5.41) is 0. The van der Waals surface area contributed by atoms with E-state index in [0.717, 1.165) is 32.2 Å². The maximum absolute atomic E-state index is 12.7. The summed E-state index contributed by atoms with van der Waals surface area (Å²) in [7, 11) is 0. The molecule has 2 rings (SSSR count). The third-order valence-corrected chi connectivity index (χ3v) is 3.27. The number of unbranched alkanes of at least 4 members (excludes halogenated alkanes) is 2. The highest BCUT2D eigenvalue weighted by Crippen LogP contribution is 2.13. The largest absolute Gasteiger partial charge is 0.297 e. The van der Waals surface area contributed by atoms with Gasteiger partial charge in [-0.25, -0.2) is 8.78 Å². The van der Waals surface area contributed by atoms with Crippen LogP contribution in [0.1, 0.15) is 24.8 Å². The van der Waals surface area contributed by atoms with E-state index in [1.54, 1.807) is 0 Å². The molecule has 0 unspecified atom stereocenters. The van der Waals surface area contributed by atoms with E-state index in [0.29, 0.717) is 13.1 Å². The second-order valence-corrected chi connectivity index (χ2v) is 4.79. The first-order valence-electron chi connectivity index (χ1n) is 6.35. The number of hydrogen-bond donors (Lipinski definition) is 0. The Hall–Kier alpha value is -0.960. The molecule has 1 heterocycles. The molecule has 0 radical (unpaired) electrons. The lowest BCUT2D eigenvalue weighted by molar-refractivity contribution is 0.0643. The van der Waals surface area contributed by atoms with Crippen molar-refractivity contribution in [2.75, 3.05) is 19.6 Å². The van der Waals surface area contributed by atoms with Gasteiger partial charge in [0.15, 0.2) is 0 Å². The second kappa shape index (κ2) is 6.10. The predicted octanol–water partition coefficient (Wildman–Crippen LogP) is 3.19. The summed E-state index contributed by atoms with van der Waals surface area (Å²) in [6.07, 6.45) is 3.83. The van der Waals surface area contributed by atoms with Crippen LogP contribution in [0.15, 0.2) is 24.3 Å². The molecule has 1 aliphatic rings. The summed E-state index contributed by atoms with van der Waals surface area (Å²) in [5.74, 6) is -0.174. The molecular formula is C14H19F2N. The smallest absolute Gasteiger partial charge is 0.125 e. The van der Waals surface area contributed by atoms with E-state index >= 15 is 0 Å². The zero-order valence-electron chi connectivity index (χ0n) is 10.0. The quantitative estimate of drug-likeness (QED) is 0.689. The number of hydrogen-bond acceptors (Lipinski definition) is 1. The van der Waals surface area contributed by atoms with Gasteiger partial charge in [-0.1, -0.05) is 18.6 Å². The molecule has 94 valence electrons. The molecule has 1 aromatic carbocycles. The van der Waals surface area contributed by atoms with E-state index in [1.165, 1.54) is 17.7 Å². The van der Waals surface area contributed by atoms with Gasteiger partial charge in [0.2, 0.25) is 0 Å². The third-order valence-electron chi connectivity index (χ3n) is 3.27. The highest BCUT2D eigenvalue weighted by Gasteiger charge is 2.24. The van der Waals surface area contributed by atoms with Crippen molar-refractivity contribution in [1.29, 1.82) is 0 Å². The molecule has 0 N–H and O–H groups in total. The highest BCUT2D eigenvalue weighted by molar-refractivity contribution is 5.15. The van der Waals surface area contributed by atoms with Gasteiger partial charge in [-0.2, -0.15) is 0 Å². The van der Waals surface area contributed by atoms with Crippen LogP contribution in [-0.4, -0.2) is 30.7 Å². The van der Waals surface area contributed by atoms with E-state index in [9.17, 15) is 8.78 Å². The van der Waals surface area contributed by atoms with Gasteiger partial charge >= 0.3 is 0 Å². The number of aryl methyl sites for hydroxylation is 1. The van der Waals surface area contributed by atoms with Crippen LogP contribution in [0.4, 0.5) is 8.78 Å². The zero-order chi connectivity index (χ0) is 12.1. The Kier molecular flexibility index (Phi) is 4.49.